The molecule has 5 aromatic heterocycles. The maximum Gasteiger partial charge on any atom is 0.161 e. The Morgan fingerprint density at radius 2 is 1.80 bits per heavy atom. The van der Waals surface area contributed by atoms with Gasteiger partial charge in [-0.15, -0.1) is 0 Å². The van der Waals surface area contributed by atoms with Crippen molar-refractivity contribution in [2.24, 2.45) is 5.92 Å². The molecule has 40 heavy (non-hydrogen) atoms. The predicted octanol–water partition coefficient (Wildman–Crippen LogP) is 6.18. The van der Waals surface area contributed by atoms with Crippen molar-refractivity contribution >= 4 is 22.2 Å². The number of pyridine rings is 3. The molecule has 0 spiro atoms. The molecular weight excluding hydrogens is 510 g/mol. The number of aromatic amines is 2. The van der Waals surface area contributed by atoms with Crippen LogP contribution in [0.4, 0.5) is 8.78 Å². The van der Waals surface area contributed by atoms with Gasteiger partial charge < -0.3 is 10.3 Å². The minimum atomic E-state index is -0.477. The normalized spacial score (nSPS) is 14.1. The van der Waals surface area contributed by atoms with Crippen molar-refractivity contribution in [2.75, 3.05) is 6.54 Å². The summed E-state index contributed by atoms with van der Waals surface area (Å²) in [6.45, 7) is 1.65. The van der Waals surface area contributed by atoms with Gasteiger partial charge in [0.25, 0.3) is 0 Å². The number of rotatable bonds is 7. The zero-order valence-electron chi connectivity index (χ0n) is 21.6. The number of hydrogen-bond donors (Lipinski definition) is 3. The van der Waals surface area contributed by atoms with Crippen LogP contribution in [0, 0.1) is 17.6 Å². The van der Waals surface area contributed by atoms with Gasteiger partial charge in [0, 0.05) is 53.6 Å². The summed E-state index contributed by atoms with van der Waals surface area (Å²) in [5.74, 6) is 0.193. The Labute approximate surface area is 228 Å². The SMILES string of the molecule is Fc1ccccc1-c1ccnc2[nH]c(-c3n[nH]c4ncc(-c5cncc(CNCC6CCCC6)c5)c(F)c34)nc12. The third-order valence-corrected chi connectivity index (χ3v) is 7.64. The number of aromatic nitrogens is 7. The molecule has 200 valence electrons. The van der Waals surface area contributed by atoms with Gasteiger partial charge in [-0.25, -0.2) is 23.7 Å². The van der Waals surface area contributed by atoms with Gasteiger partial charge in [0.05, 0.1) is 5.39 Å². The van der Waals surface area contributed by atoms with Gasteiger partial charge in [0.1, 0.15) is 22.8 Å². The summed E-state index contributed by atoms with van der Waals surface area (Å²) < 4.78 is 30.7. The van der Waals surface area contributed by atoms with Crippen molar-refractivity contribution < 1.29 is 8.78 Å². The molecule has 3 N–H and O–H groups in total. The second-order valence-corrected chi connectivity index (χ2v) is 10.3. The first-order valence-corrected chi connectivity index (χ1v) is 13.4. The van der Waals surface area contributed by atoms with Gasteiger partial charge in [-0.1, -0.05) is 31.0 Å². The van der Waals surface area contributed by atoms with Gasteiger partial charge in [-0.05, 0) is 49.1 Å². The zero-order chi connectivity index (χ0) is 27.1. The van der Waals surface area contributed by atoms with Gasteiger partial charge >= 0.3 is 0 Å². The van der Waals surface area contributed by atoms with E-state index in [0.717, 1.165) is 18.0 Å². The molecular formula is C30H26F2N8. The summed E-state index contributed by atoms with van der Waals surface area (Å²) >= 11 is 0. The Balaban J connectivity index is 1.24. The van der Waals surface area contributed by atoms with Crippen LogP contribution in [0.15, 0.2) is 61.2 Å². The van der Waals surface area contributed by atoms with Crippen LogP contribution >= 0.6 is 0 Å². The minimum Gasteiger partial charge on any atom is -0.321 e. The van der Waals surface area contributed by atoms with Crippen LogP contribution in [0.3, 0.4) is 0 Å². The molecule has 0 radical (unpaired) electrons. The third kappa shape index (κ3) is 4.40. The number of hydrogen-bond acceptors (Lipinski definition) is 6. The van der Waals surface area contributed by atoms with Crippen LogP contribution in [0.25, 0.3) is 56.0 Å². The van der Waals surface area contributed by atoms with Crippen molar-refractivity contribution in [3.63, 3.8) is 0 Å². The van der Waals surface area contributed by atoms with E-state index >= 15 is 4.39 Å². The average Bonchev–Trinajstić information content (AvgIpc) is 3.73. The van der Waals surface area contributed by atoms with Crippen LogP contribution in [-0.2, 0) is 6.54 Å². The molecule has 0 unspecified atom stereocenters. The van der Waals surface area contributed by atoms with Crippen molar-refractivity contribution in [3.05, 3.63) is 78.4 Å². The minimum absolute atomic E-state index is 0.203. The molecule has 0 bridgehead atoms. The van der Waals surface area contributed by atoms with E-state index in [4.69, 9.17) is 0 Å². The summed E-state index contributed by atoms with van der Waals surface area (Å²) in [6, 6.07) is 10.1. The summed E-state index contributed by atoms with van der Waals surface area (Å²) in [6.07, 6.45) is 11.7. The fourth-order valence-electron chi connectivity index (χ4n) is 5.61. The summed E-state index contributed by atoms with van der Waals surface area (Å²) in [5, 5.41) is 10.9. The second-order valence-electron chi connectivity index (χ2n) is 10.3. The summed E-state index contributed by atoms with van der Waals surface area (Å²) in [5.41, 5.74) is 4.38. The zero-order valence-corrected chi connectivity index (χ0v) is 21.6. The lowest BCUT2D eigenvalue weighted by Crippen LogP contribution is -2.20. The van der Waals surface area contributed by atoms with Crippen LogP contribution in [-0.4, -0.2) is 41.7 Å². The van der Waals surface area contributed by atoms with E-state index in [9.17, 15) is 4.39 Å². The number of H-pyrrole nitrogens is 2. The molecule has 7 rings (SSSR count). The Morgan fingerprint density at radius 1 is 0.925 bits per heavy atom. The topological polar surface area (TPSA) is 108 Å². The molecule has 6 aromatic rings. The van der Waals surface area contributed by atoms with Crippen molar-refractivity contribution in [3.8, 4) is 33.8 Å². The standard InChI is InChI=1S/C30H26F2N8/c31-23-8-4-3-7-20(23)21-9-10-35-29-26(21)37-30(38-29)27-24-25(32)22(16-36-28(24)40-39-27)19-11-18(14-34-15-19)13-33-12-17-5-1-2-6-17/h3-4,7-11,14-17,33H,1-2,5-6,12-13H2,(H,35,37,38)(H,36,39,40). The van der Waals surface area contributed by atoms with E-state index in [1.54, 1.807) is 42.9 Å². The quantitative estimate of drug-likeness (QED) is 0.225. The van der Waals surface area contributed by atoms with E-state index in [2.05, 4.69) is 40.4 Å². The monoisotopic (exact) mass is 536 g/mol. The first-order valence-electron chi connectivity index (χ1n) is 13.4. The fraction of sp³-hybridized carbons (Fsp3) is 0.233. The Hall–Kier alpha value is -4.57. The van der Waals surface area contributed by atoms with Crippen LogP contribution in [0.2, 0.25) is 0 Å². The Morgan fingerprint density at radius 3 is 2.67 bits per heavy atom. The van der Waals surface area contributed by atoms with Crippen molar-refractivity contribution in [1.82, 2.24) is 40.4 Å². The van der Waals surface area contributed by atoms with Crippen LogP contribution in [0.5, 0.6) is 0 Å². The molecule has 0 amide bonds. The lowest BCUT2D eigenvalue weighted by atomic mass is 10.0. The summed E-state index contributed by atoms with van der Waals surface area (Å²) in [4.78, 5) is 20.9. The maximum atomic E-state index is 16.1. The number of nitrogens with zero attached hydrogens (tertiary/aromatic N) is 5. The number of imidazole rings is 1. The van der Waals surface area contributed by atoms with Crippen LogP contribution in [0.1, 0.15) is 31.2 Å². The van der Waals surface area contributed by atoms with Crippen LogP contribution < -0.4 is 5.32 Å². The van der Waals surface area contributed by atoms with Gasteiger partial charge in [-0.2, -0.15) is 5.10 Å². The number of fused-ring (bicyclic) bond motifs is 2. The second kappa shape index (κ2) is 10.2. The number of halogens is 2. The summed E-state index contributed by atoms with van der Waals surface area (Å²) in [7, 11) is 0. The molecule has 1 aliphatic carbocycles. The van der Waals surface area contributed by atoms with Gasteiger partial charge in [0.15, 0.2) is 17.1 Å². The van der Waals surface area contributed by atoms with E-state index in [1.807, 2.05) is 6.07 Å². The highest BCUT2D eigenvalue weighted by molar-refractivity contribution is 5.96. The first kappa shape index (κ1) is 24.5. The molecule has 1 fully saturated rings. The molecule has 5 heterocycles. The smallest absolute Gasteiger partial charge is 0.161 e. The lowest BCUT2D eigenvalue weighted by Gasteiger charge is -2.11. The van der Waals surface area contributed by atoms with E-state index in [0.29, 0.717) is 51.4 Å². The molecule has 0 atom stereocenters. The molecule has 1 aromatic carbocycles. The highest BCUT2D eigenvalue weighted by atomic mass is 19.1. The highest BCUT2D eigenvalue weighted by Crippen LogP contribution is 2.34. The van der Waals surface area contributed by atoms with E-state index < -0.39 is 5.82 Å². The fourth-order valence-corrected chi connectivity index (χ4v) is 5.61. The van der Waals surface area contributed by atoms with E-state index in [1.165, 1.54) is 37.9 Å². The predicted molar refractivity (Wildman–Crippen MR) is 149 cm³/mol. The number of nitrogens with one attached hydrogen (secondary N) is 3. The van der Waals surface area contributed by atoms with Gasteiger partial charge in [-0.3, -0.25) is 10.1 Å². The number of benzene rings is 1. The maximum absolute atomic E-state index is 16.1. The first-order chi connectivity index (χ1) is 19.7. The Kier molecular flexibility index (Phi) is 6.24. The van der Waals surface area contributed by atoms with E-state index in [-0.39, 0.29) is 16.9 Å². The molecule has 1 saturated carbocycles. The van der Waals surface area contributed by atoms with Crippen molar-refractivity contribution in [2.45, 2.75) is 32.2 Å². The Bertz CT molecular complexity index is 1840. The average molecular weight is 537 g/mol. The molecule has 0 aliphatic heterocycles. The lowest BCUT2D eigenvalue weighted by molar-refractivity contribution is 0.489. The molecule has 10 heteroatoms. The van der Waals surface area contributed by atoms with Crippen molar-refractivity contribution in [1.29, 1.82) is 0 Å². The molecule has 0 saturated heterocycles. The largest absolute Gasteiger partial charge is 0.321 e. The molecule has 1 aliphatic rings. The molecule has 8 nitrogen and oxygen atoms in total. The highest BCUT2D eigenvalue weighted by Gasteiger charge is 2.22. The van der Waals surface area contributed by atoms with Gasteiger partial charge in [0.2, 0.25) is 0 Å². The third-order valence-electron chi connectivity index (χ3n) is 7.64.